The number of pyridine rings is 1. The SMILES string of the molecule is Cc1ncccc1-c1ccc(C(=O)NC(C(=O)N2C[C@H](Cl)[C@H]3OCC(=O)[C@H]32)C2CCCCC2)s1. The summed E-state index contributed by atoms with van der Waals surface area (Å²) in [7, 11) is 0. The number of rotatable bonds is 5. The van der Waals surface area contributed by atoms with E-state index >= 15 is 0 Å². The summed E-state index contributed by atoms with van der Waals surface area (Å²) in [5.74, 6) is -0.577. The maximum absolute atomic E-state index is 13.8. The van der Waals surface area contributed by atoms with Crippen molar-refractivity contribution in [1.82, 2.24) is 15.2 Å². The minimum atomic E-state index is -0.686. The number of hydrogen-bond donors (Lipinski definition) is 1. The number of aromatic nitrogens is 1. The van der Waals surface area contributed by atoms with Gasteiger partial charge in [-0.15, -0.1) is 22.9 Å². The van der Waals surface area contributed by atoms with E-state index in [0.717, 1.165) is 48.2 Å². The van der Waals surface area contributed by atoms with E-state index in [1.807, 2.05) is 25.1 Å². The van der Waals surface area contributed by atoms with Crippen molar-refractivity contribution in [1.29, 1.82) is 0 Å². The number of likely N-dealkylation sites (tertiary alicyclic amines) is 1. The fraction of sp³-hybridized carbons (Fsp3) is 0.520. The van der Waals surface area contributed by atoms with E-state index in [-0.39, 0.29) is 36.7 Å². The summed E-state index contributed by atoms with van der Waals surface area (Å²) in [6.45, 7) is 2.17. The second-order valence-corrected chi connectivity index (χ2v) is 11.0. The topological polar surface area (TPSA) is 88.6 Å². The summed E-state index contributed by atoms with van der Waals surface area (Å²) in [5, 5.41) is 2.61. The van der Waals surface area contributed by atoms with Gasteiger partial charge < -0.3 is 15.0 Å². The van der Waals surface area contributed by atoms with Crippen molar-refractivity contribution in [3.05, 3.63) is 41.0 Å². The van der Waals surface area contributed by atoms with Crippen LogP contribution in [0.4, 0.5) is 0 Å². The van der Waals surface area contributed by atoms with Crippen molar-refractivity contribution < 1.29 is 19.1 Å². The molecule has 2 aliphatic heterocycles. The standard InChI is InChI=1S/C25H28ClN3O4S/c1-14-16(8-5-11-27-14)19-9-10-20(34-19)24(31)28-21(15-6-3-2-4-7-15)25(32)29-12-17(26)23-22(29)18(30)13-33-23/h5,8-11,15,17,21-23H,2-4,6-7,12-13H2,1H3,(H,28,31)/t17-,21?,22+,23+/m0/s1. The molecule has 180 valence electrons. The van der Waals surface area contributed by atoms with Crippen LogP contribution in [0.15, 0.2) is 30.5 Å². The van der Waals surface area contributed by atoms with Crippen LogP contribution >= 0.6 is 22.9 Å². The molecule has 3 fully saturated rings. The highest BCUT2D eigenvalue weighted by atomic mass is 35.5. The number of ketones is 1. The van der Waals surface area contributed by atoms with Gasteiger partial charge in [-0.1, -0.05) is 25.3 Å². The first-order chi connectivity index (χ1) is 16.4. The number of halogens is 1. The van der Waals surface area contributed by atoms with E-state index in [9.17, 15) is 14.4 Å². The number of fused-ring (bicyclic) bond motifs is 1. The first-order valence-corrected chi connectivity index (χ1v) is 13.1. The Bertz CT molecular complexity index is 1100. The molecule has 5 rings (SSSR count). The number of nitrogens with zero attached hydrogens (tertiary/aromatic N) is 2. The fourth-order valence-corrected chi connectivity index (χ4v) is 6.76. The van der Waals surface area contributed by atoms with E-state index < -0.39 is 23.6 Å². The highest BCUT2D eigenvalue weighted by Gasteiger charge is 2.53. The number of carbonyl (C=O) groups is 3. The highest BCUT2D eigenvalue weighted by molar-refractivity contribution is 7.17. The second kappa shape index (κ2) is 9.76. The second-order valence-electron chi connectivity index (χ2n) is 9.34. The number of amides is 2. The molecule has 1 unspecified atom stereocenters. The summed E-state index contributed by atoms with van der Waals surface area (Å²) in [6, 6.07) is 6.23. The summed E-state index contributed by atoms with van der Waals surface area (Å²) in [5.41, 5.74) is 1.89. The molecule has 4 heterocycles. The molecule has 9 heteroatoms. The Morgan fingerprint density at radius 2 is 2.03 bits per heavy atom. The Kier molecular flexibility index (Phi) is 6.73. The van der Waals surface area contributed by atoms with Crippen LogP contribution < -0.4 is 5.32 Å². The van der Waals surface area contributed by atoms with Gasteiger partial charge in [0.05, 0.1) is 10.3 Å². The average Bonchev–Trinajstić information content (AvgIpc) is 3.56. The lowest BCUT2D eigenvalue weighted by Gasteiger charge is -2.34. The van der Waals surface area contributed by atoms with Crippen molar-refractivity contribution in [3.8, 4) is 10.4 Å². The first-order valence-electron chi connectivity index (χ1n) is 11.9. The Morgan fingerprint density at radius 3 is 2.79 bits per heavy atom. The van der Waals surface area contributed by atoms with Gasteiger partial charge in [0.2, 0.25) is 5.91 Å². The lowest BCUT2D eigenvalue weighted by atomic mass is 9.83. The van der Waals surface area contributed by atoms with Crippen molar-refractivity contribution >= 4 is 40.5 Å². The minimum absolute atomic E-state index is 0.0193. The van der Waals surface area contributed by atoms with Crippen LogP contribution in [-0.2, 0) is 14.3 Å². The first kappa shape index (κ1) is 23.5. The molecule has 4 atom stereocenters. The molecule has 34 heavy (non-hydrogen) atoms. The third-order valence-corrected chi connectivity index (χ3v) is 8.69. The summed E-state index contributed by atoms with van der Waals surface area (Å²) in [6.07, 6.45) is 6.21. The van der Waals surface area contributed by atoms with E-state index in [4.69, 9.17) is 16.3 Å². The van der Waals surface area contributed by atoms with Gasteiger partial charge in [0, 0.05) is 28.9 Å². The van der Waals surface area contributed by atoms with Crippen LogP contribution in [0.25, 0.3) is 10.4 Å². The molecule has 1 aliphatic carbocycles. The molecule has 1 saturated carbocycles. The van der Waals surface area contributed by atoms with Gasteiger partial charge in [-0.2, -0.15) is 0 Å². The number of hydrogen-bond acceptors (Lipinski definition) is 6. The van der Waals surface area contributed by atoms with Crippen LogP contribution in [0, 0.1) is 12.8 Å². The maximum atomic E-state index is 13.8. The normalized spacial score (nSPS) is 25.9. The number of Topliss-reactive ketones (excluding diaryl/α,β-unsaturated/α-hetero) is 1. The number of carbonyl (C=O) groups excluding carboxylic acids is 3. The highest BCUT2D eigenvalue weighted by Crippen LogP contribution is 2.34. The molecule has 0 spiro atoms. The van der Waals surface area contributed by atoms with Crippen molar-refractivity contribution in [3.63, 3.8) is 0 Å². The van der Waals surface area contributed by atoms with Gasteiger partial charge >= 0.3 is 0 Å². The smallest absolute Gasteiger partial charge is 0.262 e. The van der Waals surface area contributed by atoms with Crippen molar-refractivity contribution in [2.24, 2.45) is 5.92 Å². The van der Waals surface area contributed by atoms with Crippen molar-refractivity contribution in [2.75, 3.05) is 13.2 Å². The molecule has 2 saturated heterocycles. The lowest BCUT2D eigenvalue weighted by molar-refractivity contribution is -0.139. The summed E-state index contributed by atoms with van der Waals surface area (Å²) >= 11 is 7.81. The van der Waals surface area contributed by atoms with Crippen LogP contribution in [0.3, 0.4) is 0 Å². The quantitative estimate of drug-likeness (QED) is 0.632. The molecule has 3 aliphatic rings. The molecule has 1 N–H and O–H groups in total. The zero-order chi connectivity index (χ0) is 23.8. The Labute approximate surface area is 207 Å². The number of aryl methyl sites for hydroxylation is 1. The number of thiophene rings is 1. The number of ether oxygens (including phenoxy) is 1. The summed E-state index contributed by atoms with van der Waals surface area (Å²) in [4.78, 5) is 46.9. The largest absolute Gasteiger partial charge is 0.366 e. The van der Waals surface area contributed by atoms with E-state index in [2.05, 4.69) is 10.3 Å². The molecule has 7 nitrogen and oxygen atoms in total. The Balaban J connectivity index is 1.38. The Morgan fingerprint density at radius 1 is 1.24 bits per heavy atom. The Hall–Kier alpha value is -2.29. The van der Waals surface area contributed by atoms with Crippen LogP contribution in [0.1, 0.15) is 47.5 Å². The van der Waals surface area contributed by atoms with Gasteiger partial charge in [0.25, 0.3) is 5.91 Å². The van der Waals surface area contributed by atoms with Crippen LogP contribution in [0.2, 0.25) is 0 Å². The van der Waals surface area contributed by atoms with Crippen LogP contribution in [-0.4, -0.2) is 64.2 Å². The number of nitrogens with one attached hydrogen (secondary N) is 1. The molecule has 0 radical (unpaired) electrons. The van der Waals surface area contributed by atoms with Gasteiger partial charge in [-0.3, -0.25) is 19.4 Å². The predicted molar refractivity (Wildman–Crippen MR) is 130 cm³/mol. The molecule has 2 aromatic rings. The fourth-order valence-electron chi connectivity index (χ4n) is 5.41. The number of alkyl halides is 1. The predicted octanol–water partition coefficient (Wildman–Crippen LogP) is 3.58. The molecule has 2 aromatic heterocycles. The molecule has 0 aromatic carbocycles. The molecule has 0 bridgehead atoms. The van der Waals surface area contributed by atoms with Gasteiger partial charge in [0.1, 0.15) is 24.8 Å². The zero-order valence-electron chi connectivity index (χ0n) is 19.0. The monoisotopic (exact) mass is 501 g/mol. The van der Waals surface area contributed by atoms with Gasteiger partial charge in [-0.25, -0.2) is 0 Å². The van der Waals surface area contributed by atoms with Gasteiger partial charge in [-0.05, 0) is 43.9 Å². The third-order valence-electron chi connectivity index (χ3n) is 7.18. The van der Waals surface area contributed by atoms with Gasteiger partial charge in [0.15, 0.2) is 5.78 Å². The maximum Gasteiger partial charge on any atom is 0.262 e. The van der Waals surface area contributed by atoms with E-state index in [1.165, 1.54) is 11.3 Å². The lowest BCUT2D eigenvalue weighted by Crippen LogP contribution is -2.55. The van der Waals surface area contributed by atoms with Crippen LogP contribution in [0.5, 0.6) is 0 Å². The molecular formula is C25H28ClN3O4S. The summed E-state index contributed by atoms with van der Waals surface area (Å²) < 4.78 is 5.55. The minimum Gasteiger partial charge on any atom is -0.366 e. The third kappa shape index (κ3) is 4.39. The van der Waals surface area contributed by atoms with E-state index in [1.54, 1.807) is 17.2 Å². The van der Waals surface area contributed by atoms with Crippen molar-refractivity contribution in [2.45, 2.75) is 62.6 Å². The van der Waals surface area contributed by atoms with E-state index in [0.29, 0.717) is 4.88 Å². The average molecular weight is 502 g/mol. The zero-order valence-corrected chi connectivity index (χ0v) is 20.6. The molecular weight excluding hydrogens is 474 g/mol. The molecule has 2 amide bonds.